The number of amides is 1. The molecule has 3 fully saturated rings. The number of hydrogen-bond donors (Lipinski definition) is 1. The van der Waals surface area contributed by atoms with E-state index in [0.717, 1.165) is 93.3 Å². The quantitative estimate of drug-likeness (QED) is 0.659. The van der Waals surface area contributed by atoms with Gasteiger partial charge >= 0.3 is 0 Å². The summed E-state index contributed by atoms with van der Waals surface area (Å²) in [4.78, 5) is 22.2. The number of fused-ring (bicyclic) bond motifs is 1. The van der Waals surface area contributed by atoms with Gasteiger partial charge in [-0.25, -0.2) is 4.98 Å². The maximum Gasteiger partial charge on any atom is 0.220 e. The Morgan fingerprint density at radius 2 is 1.82 bits per heavy atom. The maximum absolute atomic E-state index is 12.4. The zero-order chi connectivity index (χ0) is 23.3. The van der Waals surface area contributed by atoms with E-state index in [4.69, 9.17) is 14.1 Å². The number of carbonyl (C=O) groups excluding carboxylic acids is 1. The second kappa shape index (κ2) is 11.1. The van der Waals surface area contributed by atoms with Crippen LogP contribution in [0.5, 0.6) is 0 Å². The van der Waals surface area contributed by atoms with Crippen LogP contribution < -0.4 is 10.2 Å². The van der Waals surface area contributed by atoms with Gasteiger partial charge in [-0.3, -0.25) is 9.69 Å². The number of aromatic nitrogens is 1. The number of nitrogens with one attached hydrogen (secondary N) is 1. The van der Waals surface area contributed by atoms with Crippen LogP contribution in [-0.4, -0.2) is 67.8 Å². The van der Waals surface area contributed by atoms with Gasteiger partial charge in [-0.1, -0.05) is 0 Å². The second-order valence-corrected chi connectivity index (χ2v) is 10.6. The number of furan rings is 1. The molecule has 34 heavy (non-hydrogen) atoms. The molecule has 0 bridgehead atoms. The Kier molecular flexibility index (Phi) is 7.70. The average molecular weight is 469 g/mol. The van der Waals surface area contributed by atoms with Crippen molar-refractivity contribution in [1.82, 2.24) is 15.2 Å². The highest BCUT2D eigenvalue weighted by atomic mass is 16.5. The summed E-state index contributed by atoms with van der Waals surface area (Å²) in [5.74, 6) is 2.62. The van der Waals surface area contributed by atoms with Gasteiger partial charge in [0.1, 0.15) is 11.4 Å². The fourth-order valence-corrected chi connectivity index (χ4v) is 5.97. The number of ether oxygens (including phenoxy) is 1. The number of anilines is 1. The van der Waals surface area contributed by atoms with Crippen molar-refractivity contribution in [2.45, 2.75) is 64.3 Å². The first-order valence-electron chi connectivity index (χ1n) is 13.3. The third kappa shape index (κ3) is 5.74. The summed E-state index contributed by atoms with van der Waals surface area (Å²) < 4.78 is 11.1. The fraction of sp³-hybridized carbons (Fsp3) is 0.704. The minimum atomic E-state index is 0.254. The first-order valence-corrected chi connectivity index (χ1v) is 13.3. The molecule has 0 unspecified atom stereocenters. The Bertz CT molecular complexity index is 938. The number of aryl methyl sites for hydroxylation is 1. The van der Waals surface area contributed by atoms with Crippen molar-refractivity contribution in [2.24, 2.45) is 11.8 Å². The van der Waals surface area contributed by atoms with E-state index in [2.05, 4.69) is 22.0 Å². The van der Waals surface area contributed by atoms with Crippen molar-refractivity contribution in [3.8, 4) is 0 Å². The van der Waals surface area contributed by atoms with Gasteiger partial charge in [0.25, 0.3) is 0 Å². The second-order valence-electron chi connectivity index (χ2n) is 10.6. The van der Waals surface area contributed by atoms with E-state index < -0.39 is 0 Å². The van der Waals surface area contributed by atoms with Crippen molar-refractivity contribution in [3.05, 3.63) is 24.1 Å². The van der Waals surface area contributed by atoms with Crippen LogP contribution in [0, 0.1) is 18.8 Å². The highest BCUT2D eigenvalue weighted by Gasteiger charge is 2.26. The number of hydrogen-bond acceptors (Lipinski definition) is 6. The summed E-state index contributed by atoms with van der Waals surface area (Å²) in [5.41, 5.74) is 2.05. The molecule has 7 nitrogen and oxygen atoms in total. The molecular formula is C27H40N4O3. The van der Waals surface area contributed by atoms with Crippen LogP contribution >= 0.6 is 0 Å². The predicted octanol–water partition coefficient (Wildman–Crippen LogP) is 4.14. The van der Waals surface area contributed by atoms with Gasteiger partial charge in [0.2, 0.25) is 5.91 Å². The molecule has 2 aliphatic heterocycles. The molecular weight excluding hydrogens is 428 g/mol. The van der Waals surface area contributed by atoms with Crippen LogP contribution in [0.15, 0.2) is 22.9 Å². The van der Waals surface area contributed by atoms with E-state index in [-0.39, 0.29) is 5.91 Å². The van der Waals surface area contributed by atoms with Gasteiger partial charge in [0.05, 0.1) is 11.6 Å². The number of nitrogens with zero attached hydrogens (tertiary/aromatic N) is 3. The van der Waals surface area contributed by atoms with E-state index in [1.165, 1.54) is 25.8 Å². The minimum Gasteiger partial charge on any atom is -0.464 e. The molecule has 186 valence electrons. The lowest BCUT2D eigenvalue weighted by molar-refractivity contribution is -0.123. The molecule has 0 atom stereocenters. The molecule has 4 heterocycles. The molecule has 0 spiro atoms. The molecule has 2 saturated heterocycles. The van der Waals surface area contributed by atoms with Gasteiger partial charge in [-0.05, 0) is 76.3 Å². The predicted molar refractivity (Wildman–Crippen MR) is 134 cm³/mol. The topological polar surface area (TPSA) is 70.8 Å². The number of rotatable bonds is 7. The van der Waals surface area contributed by atoms with Crippen LogP contribution in [0.2, 0.25) is 0 Å². The van der Waals surface area contributed by atoms with Crippen molar-refractivity contribution < 1.29 is 13.9 Å². The Hall–Kier alpha value is -2.12. The van der Waals surface area contributed by atoms with Crippen molar-refractivity contribution in [3.63, 3.8) is 0 Å². The van der Waals surface area contributed by atoms with Gasteiger partial charge < -0.3 is 19.4 Å². The highest BCUT2D eigenvalue weighted by Crippen LogP contribution is 2.30. The molecule has 0 radical (unpaired) electrons. The molecule has 1 N–H and O–H groups in total. The zero-order valence-electron chi connectivity index (χ0n) is 20.6. The van der Waals surface area contributed by atoms with Crippen LogP contribution in [0.4, 0.5) is 5.82 Å². The van der Waals surface area contributed by atoms with E-state index in [9.17, 15) is 4.79 Å². The Morgan fingerprint density at radius 3 is 2.59 bits per heavy atom. The normalized spacial score (nSPS) is 25.0. The lowest BCUT2D eigenvalue weighted by Gasteiger charge is -2.37. The van der Waals surface area contributed by atoms with Crippen LogP contribution in [0.1, 0.15) is 56.9 Å². The van der Waals surface area contributed by atoms with E-state index in [0.29, 0.717) is 18.4 Å². The molecule has 1 aliphatic carbocycles. The first-order chi connectivity index (χ1) is 16.7. The SMILES string of the molecule is Cc1cnc(N2CCN(CC[C@H]3CC[C@H](NC(=O)CC4CCOCC4)CC3)CC2)c2ccoc12. The Balaban J connectivity index is 0.999. The highest BCUT2D eigenvalue weighted by molar-refractivity contribution is 5.90. The van der Waals surface area contributed by atoms with E-state index >= 15 is 0 Å². The van der Waals surface area contributed by atoms with Crippen LogP contribution in [0.3, 0.4) is 0 Å². The van der Waals surface area contributed by atoms with Gasteiger partial charge in [0.15, 0.2) is 0 Å². The maximum atomic E-state index is 12.4. The summed E-state index contributed by atoms with van der Waals surface area (Å²) in [7, 11) is 0. The number of carbonyl (C=O) groups is 1. The summed E-state index contributed by atoms with van der Waals surface area (Å²) in [6.45, 7) is 9.07. The summed E-state index contributed by atoms with van der Waals surface area (Å²) >= 11 is 0. The van der Waals surface area contributed by atoms with Crippen molar-refractivity contribution in [2.75, 3.05) is 50.8 Å². The molecule has 0 aromatic carbocycles. The van der Waals surface area contributed by atoms with Gasteiger partial charge in [-0.2, -0.15) is 0 Å². The van der Waals surface area contributed by atoms with Crippen LogP contribution in [-0.2, 0) is 9.53 Å². The molecule has 1 saturated carbocycles. The Labute approximate surface area is 203 Å². The monoisotopic (exact) mass is 468 g/mol. The molecule has 5 rings (SSSR count). The summed E-state index contributed by atoms with van der Waals surface area (Å²) in [6, 6.07) is 2.43. The molecule has 2 aromatic heterocycles. The first kappa shape index (κ1) is 23.6. The molecule has 1 amide bonds. The smallest absolute Gasteiger partial charge is 0.220 e. The van der Waals surface area contributed by atoms with Crippen molar-refractivity contribution >= 4 is 22.7 Å². The third-order valence-corrected chi connectivity index (χ3v) is 8.20. The lowest BCUT2D eigenvalue weighted by atomic mass is 9.83. The fourth-order valence-electron chi connectivity index (χ4n) is 5.97. The summed E-state index contributed by atoms with van der Waals surface area (Å²) in [6.07, 6.45) is 12.5. The Morgan fingerprint density at radius 1 is 1.06 bits per heavy atom. The number of pyridine rings is 1. The summed E-state index contributed by atoms with van der Waals surface area (Å²) in [5, 5.41) is 4.45. The molecule has 3 aliphatic rings. The lowest BCUT2D eigenvalue weighted by Crippen LogP contribution is -2.47. The molecule has 7 heteroatoms. The largest absolute Gasteiger partial charge is 0.464 e. The molecule has 2 aromatic rings. The van der Waals surface area contributed by atoms with E-state index in [1.54, 1.807) is 6.26 Å². The van der Waals surface area contributed by atoms with Crippen LogP contribution in [0.25, 0.3) is 11.0 Å². The zero-order valence-corrected chi connectivity index (χ0v) is 20.6. The third-order valence-electron chi connectivity index (χ3n) is 8.20. The number of piperazine rings is 1. The van der Waals surface area contributed by atoms with Gasteiger partial charge in [0, 0.05) is 63.6 Å². The van der Waals surface area contributed by atoms with Gasteiger partial charge in [-0.15, -0.1) is 0 Å². The minimum absolute atomic E-state index is 0.254. The average Bonchev–Trinajstić information content (AvgIpc) is 3.36. The standard InChI is InChI=1S/C27H40N4O3/c1-20-19-28-27(24-9-17-34-26(20)24)31-13-11-30(12-14-31)10-6-21-2-4-23(5-3-21)29-25(32)18-22-7-15-33-16-8-22/h9,17,19,21-23H,2-8,10-16,18H2,1H3,(H,29,32)/t21-,23-. The van der Waals surface area contributed by atoms with E-state index in [1.807, 2.05) is 12.3 Å². The van der Waals surface area contributed by atoms with Crippen molar-refractivity contribution in [1.29, 1.82) is 0 Å².